The molecular formula is C59H70N10O6S. The summed E-state index contributed by atoms with van der Waals surface area (Å²) >= 11 is 1.58. The monoisotopic (exact) mass is 1050 g/mol. The zero-order valence-electron chi connectivity index (χ0n) is 44.8. The molecule has 16 nitrogen and oxygen atoms in total. The minimum Gasteiger partial charge on any atom is -0.391 e. The number of amides is 3. The summed E-state index contributed by atoms with van der Waals surface area (Å²) in [5.41, 5.74) is 11.4. The number of Topliss-reactive ketones (excluding diaryl/α,β-unsaturated/α-hetero) is 1. The second kappa shape index (κ2) is 22.3. The number of piperidine rings is 1. The van der Waals surface area contributed by atoms with Crippen LogP contribution in [0.1, 0.15) is 143 Å². The molecule has 3 aromatic heterocycles. The molecule has 76 heavy (non-hydrogen) atoms. The molecule has 5 heterocycles. The van der Waals surface area contributed by atoms with Crippen LogP contribution in [0.3, 0.4) is 0 Å². The summed E-state index contributed by atoms with van der Waals surface area (Å²) in [6.45, 7) is 24.0. The number of carbonyl (C=O) groups is 5. The number of β-amino-alcohol motifs (C(OH)–C–C–N with tert-alkyl or cyclic N) is 1. The molecule has 2 aliphatic heterocycles. The van der Waals surface area contributed by atoms with E-state index >= 15 is 0 Å². The lowest BCUT2D eigenvalue weighted by atomic mass is 9.70. The molecule has 3 amide bonds. The Morgan fingerprint density at radius 2 is 1.79 bits per heavy atom. The fourth-order valence-electron chi connectivity index (χ4n) is 11.4. The summed E-state index contributed by atoms with van der Waals surface area (Å²) < 4.78 is 1.71. The number of fused-ring (bicyclic) bond motifs is 4. The molecule has 0 saturated carbocycles. The Labute approximate surface area is 448 Å². The number of ketones is 2. The number of aromatic amines is 1. The van der Waals surface area contributed by atoms with Gasteiger partial charge in [0.15, 0.2) is 11.5 Å². The normalized spacial score (nSPS) is 17.8. The van der Waals surface area contributed by atoms with Crippen LogP contribution in [-0.4, -0.2) is 102 Å². The third-order valence-electron chi connectivity index (χ3n) is 15.8. The van der Waals surface area contributed by atoms with E-state index in [-0.39, 0.29) is 67.7 Å². The van der Waals surface area contributed by atoms with Gasteiger partial charge in [-0.15, -0.1) is 16.4 Å². The molecule has 2 saturated heterocycles. The quantitative estimate of drug-likeness (QED) is 0.0603. The van der Waals surface area contributed by atoms with Crippen LogP contribution >= 0.6 is 11.3 Å². The second-order valence-corrected chi connectivity index (χ2v) is 23.4. The molecule has 9 rings (SSSR count). The van der Waals surface area contributed by atoms with Crippen molar-refractivity contribution in [3.05, 3.63) is 123 Å². The molecule has 0 radical (unpaired) electrons. The van der Waals surface area contributed by atoms with Crippen molar-refractivity contribution in [3.63, 3.8) is 0 Å². The van der Waals surface area contributed by atoms with Crippen molar-refractivity contribution >= 4 is 62.9 Å². The van der Waals surface area contributed by atoms with Gasteiger partial charge < -0.3 is 30.5 Å². The van der Waals surface area contributed by atoms with Crippen molar-refractivity contribution in [3.8, 4) is 10.4 Å². The lowest BCUT2D eigenvalue weighted by Crippen LogP contribution is -2.50. The van der Waals surface area contributed by atoms with Gasteiger partial charge in [-0.1, -0.05) is 83.2 Å². The van der Waals surface area contributed by atoms with E-state index in [1.807, 2.05) is 75.8 Å². The molecule has 398 valence electrons. The van der Waals surface area contributed by atoms with Gasteiger partial charge in [-0.05, 0) is 91.3 Å². The van der Waals surface area contributed by atoms with Crippen molar-refractivity contribution in [2.24, 2.45) is 11.3 Å². The maximum Gasteiger partial charge on any atom is 0.243 e. The highest BCUT2D eigenvalue weighted by Crippen LogP contribution is 2.46. The smallest absolute Gasteiger partial charge is 0.243 e. The molecule has 3 aromatic carbocycles. The van der Waals surface area contributed by atoms with E-state index in [4.69, 9.17) is 6.57 Å². The summed E-state index contributed by atoms with van der Waals surface area (Å²) in [5.74, 6) is -1.35. The number of likely N-dealkylation sites (tertiary alicyclic amines) is 1. The fourth-order valence-corrected chi connectivity index (χ4v) is 12.2. The Bertz CT molecular complexity index is 3200. The number of rotatable bonds is 18. The summed E-state index contributed by atoms with van der Waals surface area (Å²) in [6.07, 6.45) is 5.88. The Morgan fingerprint density at radius 3 is 2.49 bits per heavy atom. The average molecular weight is 1050 g/mol. The highest BCUT2D eigenvalue weighted by atomic mass is 32.1. The predicted molar refractivity (Wildman–Crippen MR) is 294 cm³/mol. The lowest BCUT2D eigenvalue weighted by molar-refractivity contribution is -0.146. The molecule has 6 aromatic rings. The molecule has 0 spiro atoms. The van der Waals surface area contributed by atoms with E-state index in [1.165, 1.54) is 4.90 Å². The summed E-state index contributed by atoms with van der Waals surface area (Å²) in [4.78, 5) is 84.9. The van der Waals surface area contributed by atoms with Gasteiger partial charge in [-0.25, -0.2) is 9.83 Å². The first-order valence-electron chi connectivity index (χ1n) is 26.8. The number of aliphatic hydroxyl groups excluding tert-OH is 1. The van der Waals surface area contributed by atoms with E-state index in [9.17, 15) is 29.1 Å². The molecule has 3 atom stereocenters. The highest BCUT2D eigenvalue weighted by molar-refractivity contribution is 7.13. The van der Waals surface area contributed by atoms with E-state index in [2.05, 4.69) is 73.6 Å². The van der Waals surface area contributed by atoms with Crippen LogP contribution in [0.15, 0.2) is 66.3 Å². The molecule has 0 unspecified atom stereocenters. The number of hydrogen-bond acceptors (Lipinski definition) is 11. The Morgan fingerprint density at radius 1 is 1.03 bits per heavy atom. The second-order valence-electron chi connectivity index (χ2n) is 22.5. The number of aryl methyl sites for hydroxylation is 4. The van der Waals surface area contributed by atoms with Gasteiger partial charge >= 0.3 is 0 Å². The number of thiazole rings is 1. The van der Waals surface area contributed by atoms with Crippen molar-refractivity contribution in [2.75, 3.05) is 24.5 Å². The third-order valence-corrected chi connectivity index (χ3v) is 16.8. The van der Waals surface area contributed by atoms with Gasteiger partial charge in [0, 0.05) is 110 Å². The van der Waals surface area contributed by atoms with Crippen molar-refractivity contribution < 1.29 is 29.1 Å². The first kappa shape index (κ1) is 53.8. The van der Waals surface area contributed by atoms with Crippen LogP contribution in [-0.2, 0) is 50.5 Å². The largest absolute Gasteiger partial charge is 0.391 e. The Hall–Kier alpha value is -7.03. The van der Waals surface area contributed by atoms with E-state index in [1.54, 1.807) is 22.1 Å². The molecule has 17 heteroatoms. The number of nitrogens with zero attached hydrogens (tertiary/aromatic N) is 7. The molecular weight excluding hydrogens is 977 g/mol. The van der Waals surface area contributed by atoms with Crippen molar-refractivity contribution in [1.29, 1.82) is 0 Å². The fraction of sp³-hybridized carbons (Fsp3) is 0.475. The topological polar surface area (TPSA) is 200 Å². The summed E-state index contributed by atoms with van der Waals surface area (Å²) in [7, 11) is 0. The maximum absolute atomic E-state index is 14.2. The minimum absolute atomic E-state index is 0.0114. The molecule has 1 aliphatic carbocycles. The number of hydrogen-bond donors (Lipinski definition) is 4. The first-order chi connectivity index (χ1) is 36.3. The lowest BCUT2D eigenvalue weighted by Gasteiger charge is -2.38. The average Bonchev–Trinajstić information content (AvgIpc) is 4.22. The number of carbonyl (C=O) groups excluding carboxylic acids is 5. The molecule has 4 N–H and O–H groups in total. The van der Waals surface area contributed by atoms with Crippen LogP contribution in [0.4, 0.5) is 11.4 Å². The number of nitrogens with one attached hydrogen (secondary N) is 3. The number of H-pyrrole nitrogens is 1. The zero-order chi connectivity index (χ0) is 54.1. The predicted octanol–water partition coefficient (Wildman–Crippen LogP) is 8.96. The summed E-state index contributed by atoms with van der Waals surface area (Å²) in [6, 6.07) is 16.9. The number of aliphatic hydroxyl groups is 1. The Kier molecular flexibility index (Phi) is 15.8. The third kappa shape index (κ3) is 11.4. The van der Waals surface area contributed by atoms with Gasteiger partial charge in [-0.3, -0.25) is 28.7 Å². The van der Waals surface area contributed by atoms with Gasteiger partial charge in [0.25, 0.3) is 0 Å². The minimum atomic E-state index is -0.842. The van der Waals surface area contributed by atoms with E-state index < -0.39 is 28.9 Å². The van der Waals surface area contributed by atoms with E-state index in [0.717, 1.165) is 98.7 Å². The number of anilines is 1. The van der Waals surface area contributed by atoms with Gasteiger partial charge in [0.2, 0.25) is 17.7 Å². The maximum atomic E-state index is 14.2. The number of benzene rings is 3. The van der Waals surface area contributed by atoms with Crippen LogP contribution in [0.5, 0.6) is 0 Å². The van der Waals surface area contributed by atoms with Crippen molar-refractivity contribution in [1.82, 2.24) is 40.5 Å². The SMILES string of the molecule is [C-]#[N+]c1ccc2c3c([nH]c2c1)C(C)(C)c1cc(N2CCC(NC(=O)CCCc4cn(CCCC(=O)C[C@H](C(=O)N5C[C@H](O)C[C@H]5C(=O)NCc5ccc(-c6scnc6C)cc5)C(C)(C)C)nn4)CC2)c(CC)cc1C3=O. The molecule has 0 bridgehead atoms. The van der Waals surface area contributed by atoms with Crippen LogP contribution in [0.25, 0.3) is 26.2 Å². The van der Waals surface area contributed by atoms with Crippen LogP contribution in [0, 0.1) is 24.8 Å². The van der Waals surface area contributed by atoms with Gasteiger partial charge in [0.05, 0.1) is 40.0 Å². The number of aromatic nitrogens is 5. The van der Waals surface area contributed by atoms with Crippen molar-refractivity contribution in [2.45, 2.75) is 149 Å². The standard InChI is InChI=1S/C59H70N10O6S/c1-9-37-26-45-46(59(6,7)55-52(53(45)73)44-20-19-40(60-8)27-48(44)64-55)30-49(37)67-24-21-39(22-25-67)63-51(72)14-10-12-41-32-68(66-65-41)23-11-13-42(70)28-47(58(3,4)5)57(75)69-33-43(71)29-50(69)56(74)61-31-36-15-17-38(18-16-36)54-35(2)62-34-76-54/h15-20,26-27,30,32,34,39,43,47,50,64,71H,9-14,21-25,28-29,31,33H2,1-7H3,(H,61,74)(H,63,72)/t43-,47-,50+/m1/s1. The van der Waals surface area contributed by atoms with Gasteiger partial charge in [-0.2, -0.15) is 0 Å². The highest BCUT2D eigenvalue weighted by Gasteiger charge is 2.45. The van der Waals surface area contributed by atoms with Gasteiger partial charge in [0.1, 0.15) is 11.8 Å². The Balaban J connectivity index is 0.703. The zero-order valence-corrected chi connectivity index (χ0v) is 45.6. The summed E-state index contributed by atoms with van der Waals surface area (Å²) in [5, 5.41) is 26.3. The van der Waals surface area contributed by atoms with Crippen LogP contribution < -0.4 is 15.5 Å². The first-order valence-corrected chi connectivity index (χ1v) is 27.7. The van der Waals surface area contributed by atoms with Crippen LogP contribution in [0.2, 0.25) is 0 Å². The van der Waals surface area contributed by atoms with E-state index in [0.29, 0.717) is 43.5 Å². The molecule has 2 fully saturated rings. The molecule has 3 aliphatic rings.